The molecular formula is C23H22Cl2N2O6S. The van der Waals surface area contributed by atoms with E-state index < -0.39 is 23.6 Å². The Bertz CT molecular complexity index is 1150. The van der Waals surface area contributed by atoms with Crippen LogP contribution in [0.1, 0.15) is 19.4 Å². The molecule has 0 bridgehead atoms. The van der Waals surface area contributed by atoms with Gasteiger partial charge in [0.2, 0.25) is 5.91 Å². The molecule has 0 aromatic heterocycles. The number of nitrogens with zero attached hydrogens (tertiary/aromatic N) is 1. The van der Waals surface area contributed by atoms with E-state index in [1.807, 2.05) is 13.8 Å². The summed E-state index contributed by atoms with van der Waals surface area (Å²) >= 11 is 13.1. The lowest BCUT2D eigenvalue weighted by Gasteiger charge is -2.14. The number of nitrogens with one attached hydrogen (secondary N) is 1. The maximum Gasteiger partial charge on any atom is 0.294 e. The van der Waals surface area contributed by atoms with Crippen LogP contribution in [0.5, 0.6) is 17.2 Å². The third-order valence-electron chi connectivity index (χ3n) is 4.53. The summed E-state index contributed by atoms with van der Waals surface area (Å²) in [6.45, 7) is 4.01. The van der Waals surface area contributed by atoms with E-state index in [0.717, 1.165) is 16.7 Å². The van der Waals surface area contributed by atoms with Gasteiger partial charge in [0, 0.05) is 5.69 Å². The summed E-state index contributed by atoms with van der Waals surface area (Å²) in [5, 5.41) is 2.69. The number of ether oxygens (including phenoxy) is 3. The maximum atomic E-state index is 12.8. The fourth-order valence-corrected chi connectivity index (χ4v) is 4.46. The first-order valence-electron chi connectivity index (χ1n) is 10.2. The number of hydrogen-bond acceptors (Lipinski definition) is 7. The highest BCUT2D eigenvalue weighted by atomic mass is 35.5. The van der Waals surface area contributed by atoms with E-state index in [2.05, 4.69) is 5.32 Å². The van der Waals surface area contributed by atoms with Crippen molar-refractivity contribution in [2.24, 2.45) is 0 Å². The van der Waals surface area contributed by atoms with Gasteiger partial charge in [-0.3, -0.25) is 19.3 Å². The minimum absolute atomic E-state index is 0.160. The maximum absolute atomic E-state index is 12.8. The van der Waals surface area contributed by atoms with E-state index >= 15 is 0 Å². The number of thioether (sulfide) groups is 1. The molecule has 180 valence electrons. The molecule has 1 aliphatic rings. The molecule has 8 nitrogen and oxygen atoms in total. The third-order valence-corrected chi connectivity index (χ3v) is 6.01. The van der Waals surface area contributed by atoms with Crippen molar-refractivity contribution in [3.63, 3.8) is 0 Å². The summed E-state index contributed by atoms with van der Waals surface area (Å²) in [7, 11) is 1.48. The molecule has 0 unspecified atom stereocenters. The van der Waals surface area contributed by atoms with Crippen LogP contribution < -0.4 is 19.5 Å². The van der Waals surface area contributed by atoms with Crippen LogP contribution in [0.2, 0.25) is 10.0 Å². The lowest BCUT2D eigenvalue weighted by molar-refractivity contribution is -0.127. The molecule has 0 atom stereocenters. The van der Waals surface area contributed by atoms with Crippen molar-refractivity contribution >= 4 is 63.8 Å². The average Bonchev–Trinajstić information content (AvgIpc) is 3.03. The molecule has 1 aliphatic heterocycles. The summed E-state index contributed by atoms with van der Waals surface area (Å²) in [6.07, 6.45) is 1.52. The zero-order valence-corrected chi connectivity index (χ0v) is 21.0. The van der Waals surface area contributed by atoms with Crippen LogP contribution in [0, 0.1) is 0 Å². The fourth-order valence-electron chi connectivity index (χ4n) is 3.09. The number of carbonyl (C=O) groups excluding carboxylic acids is 3. The standard InChI is InChI=1S/C23H22Cl2N2O6S/c1-4-32-18-9-13(8-16(25)21(18)33-5-2)10-19-22(29)27(23(30)34-19)12-20(28)26-14-6-7-17(31-3)15(24)11-14/h6-11H,4-5,12H2,1-3H3,(H,26,28)/b19-10+. The van der Waals surface area contributed by atoms with Gasteiger partial charge in [0.05, 0.1) is 35.3 Å². The van der Waals surface area contributed by atoms with Crippen LogP contribution in [0.3, 0.4) is 0 Å². The molecule has 2 aromatic carbocycles. The molecule has 1 N–H and O–H groups in total. The van der Waals surface area contributed by atoms with Crippen molar-refractivity contribution in [1.82, 2.24) is 4.90 Å². The summed E-state index contributed by atoms with van der Waals surface area (Å²) in [6, 6.07) is 8.00. The number of methoxy groups -OCH3 is 1. The predicted molar refractivity (Wildman–Crippen MR) is 133 cm³/mol. The van der Waals surface area contributed by atoms with E-state index in [4.69, 9.17) is 37.4 Å². The van der Waals surface area contributed by atoms with Crippen molar-refractivity contribution in [3.8, 4) is 17.2 Å². The Morgan fingerprint density at radius 3 is 2.44 bits per heavy atom. The molecule has 0 saturated carbocycles. The quantitative estimate of drug-likeness (QED) is 0.434. The van der Waals surface area contributed by atoms with E-state index in [9.17, 15) is 14.4 Å². The van der Waals surface area contributed by atoms with Crippen LogP contribution in [0.25, 0.3) is 6.08 Å². The summed E-state index contributed by atoms with van der Waals surface area (Å²) in [5.41, 5.74) is 0.963. The summed E-state index contributed by atoms with van der Waals surface area (Å²) < 4.78 is 16.2. The number of anilines is 1. The molecule has 0 spiro atoms. The van der Waals surface area contributed by atoms with Crippen molar-refractivity contribution in [2.45, 2.75) is 13.8 Å². The predicted octanol–water partition coefficient (Wildman–Crippen LogP) is 5.47. The van der Waals surface area contributed by atoms with Crippen LogP contribution in [-0.2, 0) is 9.59 Å². The normalized spacial score (nSPS) is 14.5. The van der Waals surface area contributed by atoms with Gasteiger partial charge in [-0.15, -0.1) is 0 Å². The first kappa shape index (κ1) is 25.7. The number of carbonyl (C=O) groups is 3. The van der Waals surface area contributed by atoms with Gasteiger partial charge in [-0.1, -0.05) is 23.2 Å². The van der Waals surface area contributed by atoms with Crippen LogP contribution in [0.15, 0.2) is 35.2 Å². The molecule has 3 rings (SSSR count). The van der Waals surface area contributed by atoms with Crippen molar-refractivity contribution in [3.05, 3.63) is 50.8 Å². The number of imide groups is 1. The van der Waals surface area contributed by atoms with E-state index in [1.54, 1.807) is 24.3 Å². The van der Waals surface area contributed by atoms with Gasteiger partial charge < -0.3 is 19.5 Å². The molecule has 1 fully saturated rings. The second-order valence-electron chi connectivity index (χ2n) is 6.86. The zero-order chi connectivity index (χ0) is 24.8. The largest absolute Gasteiger partial charge is 0.495 e. The van der Waals surface area contributed by atoms with Gasteiger partial charge in [-0.2, -0.15) is 0 Å². The minimum Gasteiger partial charge on any atom is -0.495 e. The Kier molecular flexibility index (Phi) is 8.71. The number of rotatable bonds is 9. The highest BCUT2D eigenvalue weighted by Crippen LogP contribution is 2.39. The van der Waals surface area contributed by atoms with E-state index in [1.165, 1.54) is 19.3 Å². The highest BCUT2D eigenvalue weighted by molar-refractivity contribution is 8.18. The Labute approximate surface area is 211 Å². The molecule has 1 heterocycles. The lowest BCUT2D eigenvalue weighted by atomic mass is 10.1. The Balaban J connectivity index is 1.75. The number of benzene rings is 2. The second kappa shape index (κ2) is 11.5. The van der Waals surface area contributed by atoms with E-state index in [-0.39, 0.29) is 4.91 Å². The molecule has 34 heavy (non-hydrogen) atoms. The fraction of sp³-hybridized carbons (Fsp3) is 0.261. The van der Waals surface area contributed by atoms with Crippen molar-refractivity contribution < 1.29 is 28.6 Å². The van der Waals surface area contributed by atoms with Gasteiger partial charge in [0.25, 0.3) is 11.1 Å². The topological polar surface area (TPSA) is 94.2 Å². The Hall–Kier alpha value is -2.88. The molecule has 0 radical (unpaired) electrons. The number of halogens is 2. The monoisotopic (exact) mass is 524 g/mol. The van der Waals surface area contributed by atoms with Crippen LogP contribution >= 0.6 is 35.0 Å². The Morgan fingerprint density at radius 1 is 1.06 bits per heavy atom. The van der Waals surface area contributed by atoms with Gasteiger partial charge in [0.15, 0.2) is 11.5 Å². The smallest absolute Gasteiger partial charge is 0.294 e. The first-order valence-corrected chi connectivity index (χ1v) is 11.8. The van der Waals surface area contributed by atoms with Crippen LogP contribution in [-0.4, -0.2) is 48.8 Å². The molecule has 0 aliphatic carbocycles. The molecule has 11 heteroatoms. The van der Waals surface area contributed by atoms with Crippen LogP contribution in [0.4, 0.5) is 10.5 Å². The van der Waals surface area contributed by atoms with Gasteiger partial charge in [0.1, 0.15) is 12.3 Å². The van der Waals surface area contributed by atoms with Gasteiger partial charge >= 0.3 is 0 Å². The van der Waals surface area contributed by atoms with Crippen molar-refractivity contribution in [1.29, 1.82) is 0 Å². The SMILES string of the molecule is CCOc1cc(/C=C2/SC(=O)N(CC(=O)Nc3ccc(OC)c(Cl)c3)C2=O)cc(Cl)c1OCC. The minimum atomic E-state index is -0.583. The first-order chi connectivity index (χ1) is 16.3. The number of hydrogen-bond donors (Lipinski definition) is 1. The molecule has 3 amide bonds. The second-order valence-corrected chi connectivity index (χ2v) is 8.67. The lowest BCUT2D eigenvalue weighted by Crippen LogP contribution is -2.36. The van der Waals surface area contributed by atoms with Gasteiger partial charge in [-0.25, -0.2) is 0 Å². The van der Waals surface area contributed by atoms with Gasteiger partial charge in [-0.05, 0) is 67.6 Å². The molecule has 1 saturated heterocycles. The summed E-state index contributed by atoms with van der Waals surface area (Å²) in [4.78, 5) is 38.7. The Morgan fingerprint density at radius 2 is 1.79 bits per heavy atom. The molecule has 2 aromatic rings. The van der Waals surface area contributed by atoms with E-state index in [0.29, 0.717) is 51.8 Å². The zero-order valence-electron chi connectivity index (χ0n) is 18.6. The van der Waals surface area contributed by atoms with Crippen molar-refractivity contribution in [2.75, 3.05) is 32.2 Å². The highest BCUT2D eigenvalue weighted by Gasteiger charge is 2.36. The molecular weight excluding hydrogens is 503 g/mol. The summed E-state index contributed by atoms with van der Waals surface area (Å²) in [5.74, 6) is 0.164. The average molecular weight is 525 g/mol. The number of amides is 3. The third kappa shape index (κ3) is 5.97.